The number of pyridine rings is 1. The first-order chi connectivity index (χ1) is 16.4. The summed E-state index contributed by atoms with van der Waals surface area (Å²) in [6.07, 6.45) is 1.62. The van der Waals surface area contributed by atoms with Crippen molar-refractivity contribution >= 4 is 29.1 Å². The second-order valence-electron chi connectivity index (χ2n) is 8.55. The molecule has 1 aliphatic heterocycles. The van der Waals surface area contributed by atoms with Crippen LogP contribution in [-0.4, -0.2) is 48.0 Å². The molecule has 4 rings (SSSR count). The van der Waals surface area contributed by atoms with Gasteiger partial charge in [-0.05, 0) is 60.0 Å². The fraction of sp³-hybridized carbons (Fsp3) is 0.269. The van der Waals surface area contributed by atoms with Gasteiger partial charge in [0.15, 0.2) is 0 Å². The van der Waals surface area contributed by atoms with Gasteiger partial charge >= 0.3 is 6.03 Å². The molecule has 2 aromatic carbocycles. The van der Waals surface area contributed by atoms with Crippen LogP contribution in [-0.2, 0) is 0 Å². The molecule has 0 unspecified atom stereocenters. The van der Waals surface area contributed by atoms with Gasteiger partial charge in [0, 0.05) is 37.4 Å². The van der Waals surface area contributed by atoms with Crippen molar-refractivity contribution in [3.63, 3.8) is 0 Å². The van der Waals surface area contributed by atoms with Crippen LogP contribution in [0.25, 0.3) is 0 Å². The van der Waals surface area contributed by atoms with Crippen molar-refractivity contribution in [2.24, 2.45) is 0 Å². The summed E-state index contributed by atoms with van der Waals surface area (Å²) in [5.74, 6) is 0.759. The van der Waals surface area contributed by atoms with Crippen LogP contribution in [0.2, 0.25) is 0 Å². The minimum absolute atomic E-state index is 0.1000. The quantitative estimate of drug-likeness (QED) is 0.564. The minimum atomic E-state index is -0.358. The van der Waals surface area contributed by atoms with E-state index >= 15 is 0 Å². The Kier molecular flexibility index (Phi) is 7.06. The first-order valence-corrected chi connectivity index (χ1v) is 11.3. The predicted molar refractivity (Wildman–Crippen MR) is 132 cm³/mol. The molecule has 2 N–H and O–H groups in total. The van der Waals surface area contributed by atoms with Gasteiger partial charge in [0.25, 0.3) is 5.91 Å². The number of hydrogen-bond acceptors (Lipinski definition) is 4. The molecule has 34 heavy (non-hydrogen) atoms. The van der Waals surface area contributed by atoms with Crippen molar-refractivity contribution in [1.29, 1.82) is 0 Å². The topological polar surface area (TPSA) is 77.6 Å². The third kappa shape index (κ3) is 5.70. The maximum absolute atomic E-state index is 13.1. The molecule has 8 heteroatoms. The molecule has 0 aliphatic carbocycles. The van der Waals surface area contributed by atoms with Gasteiger partial charge in [-0.1, -0.05) is 26.0 Å². The maximum Gasteiger partial charge on any atom is 0.323 e. The molecule has 176 valence electrons. The lowest BCUT2D eigenvalue weighted by Gasteiger charge is -2.35. The zero-order chi connectivity index (χ0) is 24.1. The second kappa shape index (κ2) is 10.3. The summed E-state index contributed by atoms with van der Waals surface area (Å²) >= 11 is 0. The van der Waals surface area contributed by atoms with E-state index < -0.39 is 0 Å². The molecule has 1 saturated heterocycles. The Hall–Kier alpha value is -3.94. The molecule has 1 fully saturated rings. The van der Waals surface area contributed by atoms with Gasteiger partial charge in [-0.3, -0.25) is 4.79 Å². The van der Waals surface area contributed by atoms with Crippen LogP contribution in [0.5, 0.6) is 0 Å². The average molecular weight is 462 g/mol. The Labute approximate surface area is 198 Å². The van der Waals surface area contributed by atoms with Crippen LogP contribution in [0, 0.1) is 5.82 Å². The van der Waals surface area contributed by atoms with Crippen molar-refractivity contribution in [2.45, 2.75) is 19.8 Å². The maximum atomic E-state index is 13.1. The molecule has 1 aromatic heterocycles. The Morgan fingerprint density at radius 1 is 0.853 bits per heavy atom. The zero-order valence-corrected chi connectivity index (χ0v) is 19.3. The lowest BCUT2D eigenvalue weighted by Crippen LogP contribution is -2.49. The number of benzene rings is 2. The highest BCUT2D eigenvalue weighted by Gasteiger charge is 2.23. The number of rotatable bonds is 5. The molecule has 0 atom stereocenters. The third-order valence-corrected chi connectivity index (χ3v) is 5.82. The summed E-state index contributed by atoms with van der Waals surface area (Å²) in [4.78, 5) is 33.2. The molecule has 0 radical (unpaired) electrons. The van der Waals surface area contributed by atoms with Crippen LogP contribution in [0.15, 0.2) is 66.9 Å². The van der Waals surface area contributed by atoms with Crippen molar-refractivity contribution < 1.29 is 14.0 Å². The summed E-state index contributed by atoms with van der Waals surface area (Å²) in [5, 5.41) is 5.61. The Morgan fingerprint density at radius 3 is 2.06 bits per heavy atom. The summed E-state index contributed by atoms with van der Waals surface area (Å²) in [5.41, 5.74) is 3.01. The lowest BCUT2D eigenvalue weighted by molar-refractivity contribution is 0.0746. The number of amides is 3. The van der Waals surface area contributed by atoms with E-state index in [0.29, 0.717) is 43.3 Å². The lowest BCUT2D eigenvalue weighted by atomic mass is 10.0. The van der Waals surface area contributed by atoms with E-state index in [-0.39, 0.29) is 17.8 Å². The molecule has 0 bridgehead atoms. The SMILES string of the molecule is CC(C)c1ccc(NC(=O)Nc2ccc(N3CCN(C(=O)c4ccc(F)cc4)CC3)nc2)cc1. The van der Waals surface area contributed by atoms with Gasteiger partial charge < -0.3 is 20.4 Å². The monoisotopic (exact) mass is 461 g/mol. The minimum Gasteiger partial charge on any atom is -0.353 e. The highest BCUT2D eigenvalue weighted by molar-refractivity contribution is 5.99. The number of nitrogens with one attached hydrogen (secondary N) is 2. The second-order valence-corrected chi connectivity index (χ2v) is 8.55. The van der Waals surface area contributed by atoms with E-state index in [9.17, 15) is 14.0 Å². The van der Waals surface area contributed by atoms with Crippen molar-refractivity contribution in [2.75, 3.05) is 41.7 Å². The first-order valence-electron chi connectivity index (χ1n) is 11.3. The van der Waals surface area contributed by atoms with Gasteiger partial charge in [-0.15, -0.1) is 0 Å². The highest BCUT2D eigenvalue weighted by atomic mass is 19.1. The summed E-state index contributed by atoms with van der Waals surface area (Å²) in [6, 6.07) is 16.7. The Balaban J connectivity index is 1.27. The van der Waals surface area contributed by atoms with Gasteiger partial charge in [0.05, 0.1) is 11.9 Å². The van der Waals surface area contributed by atoms with Crippen LogP contribution in [0.3, 0.4) is 0 Å². The normalized spacial score (nSPS) is 13.6. The average Bonchev–Trinajstić information content (AvgIpc) is 2.85. The number of nitrogens with zero attached hydrogens (tertiary/aromatic N) is 3. The number of halogens is 1. The molecule has 7 nitrogen and oxygen atoms in total. The smallest absolute Gasteiger partial charge is 0.323 e. The molecule has 3 aromatic rings. The predicted octanol–water partition coefficient (Wildman–Crippen LogP) is 4.95. The van der Waals surface area contributed by atoms with Crippen molar-refractivity contribution in [1.82, 2.24) is 9.88 Å². The molecule has 2 heterocycles. The highest BCUT2D eigenvalue weighted by Crippen LogP contribution is 2.19. The standard InChI is InChI=1S/C26H28FN5O2/c1-18(2)19-5-9-22(10-6-19)29-26(34)30-23-11-12-24(28-17-23)31-13-15-32(16-14-31)25(33)20-3-7-21(27)8-4-20/h3-12,17-18H,13-16H2,1-2H3,(H2,29,30,34). The van der Waals surface area contributed by atoms with E-state index in [1.807, 2.05) is 30.3 Å². The van der Waals surface area contributed by atoms with Gasteiger partial charge in [-0.2, -0.15) is 0 Å². The number of aromatic nitrogens is 1. The van der Waals surface area contributed by atoms with E-state index in [0.717, 1.165) is 11.5 Å². The van der Waals surface area contributed by atoms with Crippen molar-refractivity contribution in [3.8, 4) is 0 Å². The van der Waals surface area contributed by atoms with E-state index in [1.54, 1.807) is 17.2 Å². The van der Waals surface area contributed by atoms with Gasteiger partial charge in [0.1, 0.15) is 11.6 Å². The van der Waals surface area contributed by atoms with Crippen molar-refractivity contribution in [3.05, 3.63) is 83.8 Å². The number of carbonyl (C=O) groups excluding carboxylic acids is 2. The van der Waals surface area contributed by atoms with Crippen LogP contribution < -0.4 is 15.5 Å². The van der Waals surface area contributed by atoms with E-state index in [2.05, 4.69) is 34.4 Å². The molecule has 0 saturated carbocycles. The number of piperazine rings is 1. The van der Waals surface area contributed by atoms with E-state index in [1.165, 1.54) is 29.8 Å². The largest absolute Gasteiger partial charge is 0.353 e. The summed E-state index contributed by atoms with van der Waals surface area (Å²) < 4.78 is 13.1. The molecule has 1 aliphatic rings. The van der Waals surface area contributed by atoms with Crippen LogP contribution in [0.4, 0.5) is 26.4 Å². The molecule has 0 spiro atoms. The number of carbonyl (C=O) groups is 2. The first kappa shape index (κ1) is 23.2. The van der Waals surface area contributed by atoms with Gasteiger partial charge in [0.2, 0.25) is 0 Å². The van der Waals surface area contributed by atoms with Crippen LogP contribution >= 0.6 is 0 Å². The summed E-state index contributed by atoms with van der Waals surface area (Å²) in [6.45, 7) is 6.63. The molecular formula is C26H28FN5O2. The Bertz CT molecular complexity index is 1120. The number of hydrogen-bond donors (Lipinski definition) is 2. The van der Waals surface area contributed by atoms with E-state index in [4.69, 9.17) is 0 Å². The Morgan fingerprint density at radius 2 is 1.47 bits per heavy atom. The van der Waals surface area contributed by atoms with Crippen LogP contribution in [0.1, 0.15) is 35.7 Å². The zero-order valence-electron chi connectivity index (χ0n) is 19.3. The molecular weight excluding hydrogens is 433 g/mol. The fourth-order valence-corrected chi connectivity index (χ4v) is 3.81. The van der Waals surface area contributed by atoms with Gasteiger partial charge in [-0.25, -0.2) is 14.2 Å². The molecule has 3 amide bonds. The third-order valence-electron chi connectivity index (χ3n) is 5.82. The summed E-state index contributed by atoms with van der Waals surface area (Å²) in [7, 11) is 0. The fourth-order valence-electron chi connectivity index (χ4n) is 3.81. The number of anilines is 3. The number of urea groups is 1.